The molecular formula is C11H24O5S. The van der Waals surface area contributed by atoms with Gasteiger partial charge < -0.3 is 9.47 Å². The van der Waals surface area contributed by atoms with E-state index in [1.165, 1.54) is 0 Å². The first-order valence-corrected chi connectivity index (χ1v) is 7.68. The molecule has 6 heteroatoms. The van der Waals surface area contributed by atoms with Crippen molar-refractivity contribution in [3.8, 4) is 0 Å². The Balaban J connectivity index is 3.68. The van der Waals surface area contributed by atoms with Crippen molar-refractivity contribution in [1.29, 1.82) is 0 Å². The Kier molecular flexibility index (Phi) is 8.77. The van der Waals surface area contributed by atoms with Crippen LogP contribution < -0.4 is 0 Å². The molecule has 0 spiro atoms. The molecule has 0 fully saturated rings. The predicted octanol–water partition coefficient (Wildman–Crippen LogP) is 1.87. The second kappa shape index (κ2) is 8.85. The maximum Gasteiger partial charge on any atom is 0.267 e. The summed E-state index contributed by atoms with van der Waals surface area (Å²) in [6, 6.07) is 0. The molecule has 0 aliphatic heterocycles. The van der Waals surface area contributed by atoms with E-state index in [0.29, 0.717) is 6.61 Å². The van der Waals surface area contributed by atoms with Crippen LogP contribution in [-0.2, 0) is 19.6 Å². The topological polar surface area (TPSA) is 72.8 Å². The SMILES string of the molecule is CCCC(CC)OCC(C)OCCS(=O)(=O)O. The van der Waals surface area contributed by atoms with E-state index in [1.807, 2.05) is 6.92 Å². The standard InChI is InChI=1S/C11H24O5S/c1-4-6-11(5-2)16-9-10(3)15-7-8-17(12,13)14/h10-11H,4-9H2,1-3H3,(H,12,13,14). The molecule has 17 heavy (non-hydrogen) atoms. The second-order valence-electron chi connectivity index (χ2n) is 4.12. The summed E-state index contributed by atoms with van der Waals surface area (Å²) < 4.78 is 40.3. The first-order chi connectivity index (χ1) is 7.89. The quantitative estimate of drug-likeness (QED) is 0.612. The van der Waals surface area contributed by atoms with E-state index in [0.717, 1.165) is 19.3 Å². The van der Waals surface area contributed by atoms with Crippen molar-refractivity contribution >= 4 is 10.1 Å². The molecule has 2 atom stereocenters. The lowest BCUT2D eigenvalue weighted by atomic mass is 10.1. The average Bonchev–Trinajstić information content (AvgIpc) is 2.22. The van der Waals surface area contributed by atoms with Crippen LogP contribution in [0.25, 0.3) is 0 Å². The van der Waals surface area contributed by atoms with Gasteiger partial charge >= 0.3 is 0 Å². The molecule has 0 rings (SSSR count). The van der Waals surface area contributed by atoms with Gasteiger partial charge in [-0.3, -0.25) is 4.55 Å². The summed E-state index contributed by atoms with van der Waals surface area (Å²) in [6.07, 6.45) is 3.14. The van der Waals surface area contributed by atoms with E-state index >= 15 is 0 Å². The van der Waals surface area contributed by atoms with Gasteiger partial charge in [-0.25, -0.2) is 0 Å². The van der Waals surface area contributed by atoms with Gasteiger partial charge in [0, 0.05) is 0 Å². The minimum atomic E-state index is -3.93. The van der Waals surface area contributed by atoms with E-state index in [1.54, 1.807) is 0 Å². The van der Waals surface area contributed by atoms with Crippen molar-refractivity contribution < 1.29 is 22.4 Å². The van der Waals surface area contributed by atoms with Gasteiger partial charge in [0.25, 0.3) is 10.1 Å². The molecule has 0 radical (unpaired) electrons. The first kappa shape index (κ1) is 16.8. The van der Waals surface area contributed by atoms with Crippen LogP contribution in [0.15, 0.2) is 0 Å². The van der Waals surface area contributed by atoms with Gasteiger partial charge in [0.15, 0.2) is 0 Å². The molecule has 0 aromatic heterocycles. The second-order valence-corrected chi connectivity index (χ2v) is 5.69. The fourth-order valence-electron chi connectivity index (χ4n) is 1.40. The zero-order chi connectivity index (χ0) is 13.3. The molecule has 0 heterocycles. The molecule has 0 bridgehead atoms. The van der Waals surface area contributed by atoms with E-state index in [9.17, 15) is 8.42 Å². The summed E-state index contributed by atoms with van der Waals surface area (Å²) in [6.45, 7) is 6.45. The summed E-state index contributed by atoms with van der Waals surface area (Å²) in [5.74, 6) is -0.372. The van der Waals surface area contributed by atoms with Crippen LogP contribution in [0.2, 0.25) is 0 Å². The molecule has 0 saturated carbocycles. The first-order valence-electron chi connectivity index (χ1n) is 6.07. The van der Waals surface area contributed by atoms with E-state index < -0.39 is 10.1 Å². The summed E-state index contributed by atoms with van der Waals surface area (Å²) in [4.78, 5) is 0. The van der Waals surface area contributed by atoms with Crippen LogP contribution >= 0.6 is 0 Å². The predicted molar refractivity (Wildman–Crippen MR) is 66.8 cm³/mol. The van der Waals surface area contributed by atoms with E-state index in [-0.39, 0.29) is 24.6 Å². The molecule has 0 amide bonds. The molecule has 0 aliphatic rings. The fraction of sp³-hybridized carbons (Fsp3) is 1.00. The summed E-state index contributed by atoms with van der Waals surface area (Å²) in [7, 11) is -3.93. The smallest absolute Gasteiger partial charge is 0.267 e. The van der Waals surface area contributed by atoms with Crippen LogP contribution in [0.3, 0.4) is 0 Å². The van der Waals surface area contributed by atoms with Gasteiger partial charge in [0.1, 0.15) is 0 Å². The molecule has 0 saturated heterocycles. The van der Waals surface area contributed by atoms with Crippen LogP contribution in [0.4, 0.5) is 0 Å². The lowest BCUT2D eigenvalue weighted by molar-refractivity contribution is -0.0362. The Morgan fingerprint density at radius 2 is 1.88 bits per heavy atom. The monoisotopic (exact) mass is 268 g/mol. The fourth-order valence-corrected chi connectivity index (χ4v) is 1.71. The van der Waals surface area contributed by atoms with Crippen LogP contribution in [0, 0.1) is 0 Å². The zero-order valence-electron chi connectivity index (χ0n) is 10.9. The van der Waals surface area contributed by atoms with Crippen LogP contribution in [0.5, 0.6) is 0 Å². The highest BCUT2D eigenvalue weighted by Gasteiger charge is 2.10. The molecular weight excluding hydrogens is 244 g/mol. The molecule has 104 valence electrons. The van der Waals surface area contributed by atoms with Gasteiger partial charge in [-0.2, -0.15) is 8.42 Å². The van der Waals surface area contributed by atoms with Crippen molar-refractivity contribution in [1.82, 2.24) is 0 Å². The summed E-state index contributed by atoms with van der Waals surface area (Å²) >= 11 is 0. The Bertz CT molecular complexity index is 276. The lowest BCUT2D eigenvalue weighted by Gasteiger charge is -2.19. The van der Waals surface area contributed by atoms with Gasteiger partial charge in [0.05, 0.1) is 31.2 Å². The van der Waals surface area contributed by atoms with E-state index in [2.05, 4.69) is 13.8 Å². The lowest BCUT2D eigenvalue weighted by Crippen LogP contribution is -2.23. The van der Waals surface area contributed by atoms with Crippen LogP contribution in [0.1, 0.15) is 40.0 Å². The summed E-state index contributed by atoms with van der Waals surface area (Å²) in [5.41, 5.74) is 0. The van der Waals surface area contributed by atoms with Crippen molar-refractivity contribution in [2.75, 3.05) is 19.0 Å². The van der Waals surface area contributed by atoms with Gasteiger partial charge in [-0.15, -0.1) is 0 Å². The number of hydrogen-bond donors (Lipinski definition) is 1. The van der Waals surface area contributed by atoms with Crippen molar-refractivity contribution in [3.05, 3.63) is 0 Å². The zero-order valence-corrected chi connectivity index (χ0v) is 11.7. The third-order valence-electron chi connectivity index (χ3n) is 2.38. The maximum absolute atomic E-state index is 10.5. The highest BCUT2D eigenvalue weighted by molar-refractivity contribution is 7.85. The Hall–Kier alpha value is -0.170. The normalized spacial score (nSPS) is 15.8. The van der Waals surface area contributed by atoms with Gasteiger partial charge in [0.2, 0.25) is 0 Å². The van der Waals surface area contributed by atoms with Gasteiger partial charge in [-0.05, 0) is 19.8 Å². The van der Waals surface area contributed by atoms with Crippen molar-refractivity contribution in [3.63, 3.8) is 0 Å². The van der Waals surface area contributed by atoms with Crippen molar-refractivity contribution in [2.24, 2.45) is 0 Å². The number of rotatable bonds is 10. The largest absolute Gasteiger partial charge is 0.376 e. The molecule has 0 aliphatic carbocycles. The number of hydrogen-bond acceptors (Lipinski definition) is 4. The average molecular weight is 268 g/mol. The molecule has 1 N–H and O–H groups in total. The number of ether oxygens (including phenoxy) is 2. The third-order valence-corrected chi connectivity index (χ3v) is 3.06. The van der Waals surface area contributed by atoms with Crippen LogP contribution in [-0.4, -0.2) is 44.1 Å². The van der Waals surface area contributed by atoms with Gasteiger partial charge in [-0.1, -0.05) is 20.3 Å². The highest BCUT2D eigenvalue weighted by Crippen LogP contribution is 2.07. The Labute approximate surface area is 104 Å². The minimum absolute atomic E-state index is 0.00602. The third kappa shape index (κ3) is 10.7. The molecule has 2 unspecified atom stereocenters. The molecule has 5 nitrogen and oxygen atoms in total. The molecule has 0 aromatic rings. The Morgan fingerprint density at radius 3 is 2.35 bits per heavy atom. The Morgan fingerprint density at radius 1 is 1.24 bits per heavy atom. The molecule has 0 aromatic carbocycles. The van der Waals surface area contributed by atoms with Crippen molar-refractivity contribution in [2.45, 2.75) is 52.2 Å². The minimum Gasteiger partial charge on any atom is -0.376 e. The maximum atomic E-state index is 10.5. The highest BCUT2D eigenvalue weighted by atomic mass is 32.2. The van der Waals surface area contributed by atoms with E-state index in [4.69, 9.17) is 14.0 Å². The summed E-state index contributed by atoms with van der Waals surface area (Å²) in [5, 5.41) is 0.